The standard InChI is InChI=1S/C17H32N2O2/c1-2-3-4-5-6-7-8-9-12-16(20)19-15-11-10-13-18-17(21)14-15/h15H,2-14H2,1H3,(H,18,21)(H,19,20). The summed E-state index contributed by atoms with van der Waals surface area (Å²) in [4.78, 5) is 23.3. The van der Waals surface area contributed by atoms with Crippen molar-refractivity contribution in [3.05, 3.63) is 0 Å². The van der Waals surface area contributed by atoms with E-state index in [1.54, 1.807) is 0 Å². The first-order valence-electron chi connectivity index (χ1n) is 8.78. The number of carbonyl (C=O) groups excluding carboxylic acids is 2. The zero-order valence-corrected chi connectivity index (χ0v) is 13.6. The Hall–Kier alpha value is -1.06. The molecule has 0 aromatic carbocycles. The Morgan fingerprint density at radius 3 is 2.52 bits per heavy atom. The van der Waals surface area contributed by atoms with Gasteiger partial charge in [0.25, 0.3) is 0 Å². The summed E-state index contributed by atoms with van der Waals surface area (Å²) >= 11 is 0. The highest BCUT2D eigenvalue weighted by Crippen LogP contribution is 2.10. The van der Waals surface area contributed by atoms with Crippen LogP contribution in [0.25, 0.3) is 0 Å². The van der Waals surface area contributed by atoms with Gasteiger partial charge in [-0.2, -0.15) is 0 Å². The lowest BCUT2D eigenvalue weighted by Crippen LogP contribution is -2.36. The second-order valence-corrected chi connectivity index (χ2v) is 6.19. The lowest BCUT2D eigenvalue weighted by atomic mass is 10.1. The molecule has 0 bridgehead atoms. The van der Waals surface area contributed by atoms with Gasteiger partial charge in [-0.1, -0.05) is 51.9 Å². The van der Waals surface area contributed by atoms with Crippen molar-refractivity contribution in [2.45, 2.75) is 90.0 Å². The van der Waals surface area contributed by atoms with Crippen molar-refractivity contribution in [1.82, 2.24) is 10.6 Å². The molecule has 0 aromatic rings. The van der Waals surface area contributed by atoms with Crippen molar-refractivity contribution in [2.24, 2.45) is 0 Å². The third-order valence-corrected chi connectivity index (χ3v) is 4.11. The number of nitrogens with one attached hydrogen (secondary N) is 2. The van der Waals surface area contributed by atoms with Crippen molar-refractivity contribution in [3.63, 3.8) is 0 Å². The maximum atomic E-state index is 11.9. The minimum atomic E-state index is 0.0362. The lowest BCUT2D eigenvalue weighted by molar-refractivity contribution is -0.123. The van der Waals surface area contributed by atoms with Crippen LogP contribution < -0.4 is 10.6 Å². The first kappa shape index (κ1) is 18.0. The van der Waals surface area contributed by atoms with Gasteiger partial charge in [-0.15, -0.1) is 0 Å². The first-order chi connectivity index (χ1) is 10.2. The number of rotatable bonds is 10. The Morgan fingerprint density at radius 2 is 1.81 bits per heavy atom. The lowest BCUT2D eigenvalue weighted by Gasteiger charge is -2.15. The molecular weight excluding hydrogens is 264 g/mol. The molecule has 1 saturated heterocycles. The fraction of sp³-hybridized carbons (Fsp3) is 0.882. The Morgan fingerprint density at radius 1 is 1.14 bits per heavy atom. The summed E-state index contributed by atoms with van der Waals surface area (Å²) in [6, 6.07) is 0.0362. The number of hydrogen-bond donors (Lipinski definition) is 2. The Labute approximate surface area is 129 Å². The molecule has 1 unspecified atom stereocenters. The number of unbranched alkanes of at least 4 members (excludes halogenated alkanes) is 7. The number of hydrogen-bond acceptors (Lipinski definition) is 2. The van der Waals surface area contributed by atoms with Gasteiger partial charge in [0, 0.05) is 25.4 Å². The topological polar surface area (TPSA) is 58.2 Å². The largest absolute Gasteiger partial charge is 0.356 e. The SMILES string of the molecule is CCCCCCCCCCC(=O)NC1CCCNC(=O)C1. The summed E-state index contributed by atoms with van der Waals surface area (Å²) in [7, 11) is 0. The predicted molar refractivity (Wildman–Crippen MR) is 86.0 cm³/mol. The van der Waals surface area contributed by atoms with Gasteiger partial charge in [-0.05, 0) is 19.3 Å². The van der Waals surface area contributed by atoms with E-state index in [-0.39, 0.29) is 17.9 Å². The molecule has 21 heavy (non-hydrogen) atoms. The molecule has 1 fully saturated rings. The molecule has 0 saturated carbocycles. The Bertz CT molecular complexity index is 305. The van der Waals surface area contributed by atoms with Gasteiger partial charge in [0.1, 0.15) is 0 Å². The Kier molecular flexibility index (Phi) is 9.92. The molecule has 122 valence electrons. The summed E-state index contributed by atoms with van der Waals surface area (Å²) in [6.45, 7) is 2.97. The van der Waals surface area contributed by atoms with Gasteiger partial charge in [0.15, 0.2) is 0 Å². The summed E-state index contributed by atoms with van der Waals surface area (Å²) < 4.78 is 0. The van der Waals surface area contributed by atoms with Gasteiger partial charge in [0.2, 0.25) is 11.8 Å². The zero-order chi connectivity index (χ0) is 15.3. The molecule has 2 N–H and O–H groups in total. The van der Waals surface area contributed by atoms with E-state index in [9.17, 15) is 9.59 Å². The average molecular weight is 296 g/mol. The fourth-order valence-electron chi connectivity index (χ4n) is 2.82. The van der Waals surface area contributed by atoms with Crippen molar-refractivity contribution in [2.75, 3.05) is 6.54 Å². The molecular formula is C17H32N2O2. The minimum absolute atomic E-state index is 0.0362. The summed E-state index contributed by atoms with van der Waals surface area (Å²) in [5.41, 5.74) is 0. The van der Waals surface area contributed by atoms with E-state index in [0.29, 0.717) is 12.8 Å². The third kappa shape index (κ3) is 9.48. The van der Waals surface area contributed by atoms with Crippen LogP contribution in [0.15, 0.2) is 0 Å². The van der Waals surface area contributed by atoms with Crippen LogP contribution in [0.2, 0.25) is 0 Å². The van der Waals surface area contributed by atoms with E-state index in [2.05, 4.69) is 17.6 Å². The third-order valence-electron chi connectivity index (χ3n) is 4.11. The maximum absolute atomic E-state index is 11.9. The molecule has 1 rings (SSSR count). The van der Waals surface area contributed by atoms with E-state index < -0.39 is 0 Å². The number of amides is 2. The fourth-order valence-corrected chi connectivity index (χ4v) is 2.82. The van der Waals surface area contributed by atoms with Gasteiger partial charge in [-0.3, -0.25) is 9.59 Å². The van der Waals surface area contributed by atoms with E-state index in [1.165, 1.54) is 38.5 Å². The monoisotopic (exact) mass is 296 g/mol. The van der Waals surface area contributed by atoms with E-state index in [1.807, 2.05) is 0 Å². The highest BCUT2D eigenvalue weighted by Gasteiger charge is 2.18. The van der Waals surface area contributed by atoms with Crippen LogP contribution in [-0.2, 0) is 9.59 Å². The van der Waals surface area contributed by atoms with Crippen molar-refractivity contribution in [3.8, 4) is 0 Å². The molecule has 0 spiro atoms. The van der Waals surface area contributed by atoms with E-state index >= 15 is 0 Å². The van der Waals surface area contributed by atoms with Crippen LogP contribution in [-0.4, -0.2) is 24.4 Å². The smallest absolute Gasteiger partial charge is 0.222 e. The van der Waals surface area contributed by atoms with Gasteiger partial charge >= 0.3 is 0 Å². The number of carbonyl (C=O) groups is 2. The van der Waals surface area contributed by atoms with Crippen molar-refractivity contribution >= 4 is 11.8 Å². The molecule has 1 aliphatic heterocycles. The van der Waals surface area contributed by atoms with Crippen LogP contribution in [0.5, 0.6) is 0 Å². The minimum Gasteiger partial charge on any atom is -0.356 e. The molecule has 4 heteroatoms. The molecule has 0 aromatic heterocycles. The highest BCUT2D eigenvalue weighted by molar-refractivity contribution is 5.79. The van der Waals surface area contributed by atoms with Gasteiger partial charge in [-0.25, -0.2) is 0 Å². The van der Waals surface area contributed by atoms with Crippen LogP contribution in [0.3, 0.4) is 0 Å². The summed E-state index contributed by atoms with van der Waals surface area (Å²) in [5.74, 6) is 0.172. The van der Waals surface area contributed by atoms with Crippen LogP contribution in [0, 0.1) is 0 Å². The van der Waals surface area contributed by atoms with E-state index in [4.69, 9.17) is 0 Å². The predicted octanol–water partition coefficient (Wildman–Crippen LogP) is 3.30. The van der Waals surface area contributed by atoms with E-state index in [0.717, 1.165) is 32.2 Å². The summed E-state index contributed by atoms with van der Waals surface area (Å²) in [5, 5.41) is 5.85. The summed E-state index contributed by atoms with van der Waals surface area (Å²) in [6.07, 6.45) is 12.9. The highest BCUT2D eigenvalue weighted by atomic mass is 16.2. The van der Waals surface area contributed by atoms with Gasteiger partial charge in [0.05, 0.1) is 0 Å². The van der Waals surface area contributed by atoms with Crippen LogP contribution in [0.1, 0.15) is 84.0 Å². The maximum Gasteiger partial charge on any atom is 0.222 e. The van der Waals surface area contributed by atoms with Crippen LogP contribution in [0.4, 0.5) is 0 Å². The second kappa shape index (κ2) is 11.6. The quantitative estimate of drug-likeness (QED) is 0.608. The molecule has 1 aliphatic rings. The first-order valence-corrected chi connectivity index (χ1v) is 8.78. The molecule has 0 aliphatic carbocycles. The normalized spacial score (nSPS) is 18.9. The molecule has 2 amide bonds. The molecule has 0 radical (unpaired) electrons. The second-order valence-electron chi connectivity index (χ2n) is 6.19. The van der Waals surface area contributed by atoms with Crippen LogP contribution >= 0.6 is 0 Å². The Balaban J connectivity index is 1.99. The average Bonchev–Trinajstić information content (AvgIpc) is 2.66. The zero-order valence-electron chi connectivity index (χ0n) is 13.6. The molecule has 1 heterocycles. The van der Waals surface area contributed by atoms with Crippen molar-refractivity contribution in [1.29, 1.82) is 0 Å². The van der Waals surface area contributed by atoms with Crippen molar-refractivity contribution < 1.29 is 9.59 Å². The molecule has 1 atom stereocenters. The van der Waals surface area contributed by atoms with Gasteiger partial charge < -0.3 is 10.6 Å². The molecule has 4 nitrogen and oxygen atoms in total.